The average Bonchev–Trinajstić information content (AvgIpc) is 2.70. The van der Waals surface area contributed by atoms with Gasteiger partial charge < -0.3 is 10.6 Å². The van der Waals surface area contributed by atoms with E-state index in [1.54, 1.807) is 30.3 Å². The predicted octanol–water partition coefficient (Wildman–Crippen LogP) is 3.66. The van der Waals surface area contributed by atoms with Gasteiger partial charge in [-0.25, -0.2) is 4.39 Å². The molecule has 1 aromatic carbocycles. The van der Waals surface area contributed by atoms with Crippen LogP contribution in [0.2, 0.25) is 0 Å². The Hall–Kier alpha value is -3.42. The minimum atomic E-state index is -3.10. The highest BCUT2D eigenvalue weighted by molar-refractivity contribution is 5.81. The van der Waals surface area contributed by atoms with Crippen LogP contribution in [0, 0.1) is 11.7 Å². The van der Waals surface area contributed by atoms with Crippen LogP contribution >= 0.6 is 0 Å². The summed E-state index contributed by atoms with van der Waals surface area (Å²) in [6, 6.07) is 13.5. The smallest absolute Gasteiger partial charge is 0.295 e. The molecular weight excluding hydrogens is 393 g/mol. The zero-order chi connectivity index (χ0) is 21.3. The summed E-state index contributed by atoms with van der Waals surface area (Å²) in [6.45, 7) is -0.111. The van der Waals surface area contributed by atoms with Crippen molar-refractivity contribution in [1.29, 1.82) is 0 Å². The Labute approximate surface area is 171 Å². The van der Waals surface area contributed by atoms with E-state index in [4.69, 9.17) is 5.73 Å². The Kier molecular flexibility index (Phi) is 5.15. The van der Waals surface area contributed by atoms with E-state index >= 15 is 0 Å². The van der Waals surface area contributed by atoms with E-state index in [0.29, 0.717) is 22.6 Å². The summed E-state index contributed by atoms with van der Waals surface area (Å²) in [5, 5.41) is 0. The maximum atomic E-state index is 14.5. The molecule has 8 heteroatoms. The predicted molar refractivity (Wildman–Crippen MR) is 106 cm³/mol. The molecule has 3 heterocycles. The molecule has 2 N–H and O–H groups in total. The van der Waals surface area contributed by atoms with Crippen LogP contribution < -0.4 is 5.73 Å². The lowest BCUT2D eigenvalue weighted by Gasteiger charge is -2.42. The molecule has 0 unspecified atom stereocenters. The first kappa shape index (κ1) is 19.9. The number of likely N-dealkylation sites (tertiary alicyclic amines) is 1. The van der Waals surface area contributed by atoms with Crippen LogP contribution in [-0.4, -0.2) is 33.9 Å². The van der Waals surface area contributed by atoms with Crippen LogP contribution in [-0.2, 0) is 17.1 Å². The molecule has 30 heavy (non-hydrogen) atoms. The number of halogens is 3. The molecule has 5 nitrogen and oxygen atoms in total. The van der Waals surface area contributed by atoms with Crippen LogP contribution in [0.3, 0.4) is 0 Å². The van der Waals surface area contributed by atoms with Gasteiger partial charge in [0.1, 0.15) is 11.5 Å². The summed E-state index contributed by atoms with van der Waals surface area (Å²) in [5.41, 5.74) is 7.60. The van der Waals surface area contributed by atoms with E-state index in [1.165, 1.54) is 35.4 Å². The number of carbonyl (C=O) groups excluding carboxylic acids is 1. The van der Waals surface area contributed by atoms with Gasteiger partial charge in [0.2, 0.25) is 5.91 Å². The molecule has 0 aliphatic carbocycles. The molecule has 1 amide bonds. The van der Waals surface area contributed by atoms with Crippen molar-refractivity contribution in [3.8, 4) is 11.3 Å². The summed E-state index contributed by atoms with van der Waals surface area (Å²) in [4.78, 5) is 22.1. The van der Waals surface area contributed by atoms with Crippen molar-refractivity contribution in [1.82, 2.24) is 14.9 Å². The molecule has 0 radical (unpaired) electrons. The Morgan fingerprint density at radius 3 is 2.50 bits per heavy atom. The molecule has 0 bridgehead atoms. The molecule has 1 aliphatic rings. The number of alkyl halides is 2. The third kappa shape index (κ3) is 3.85. The van der Waals surface area contributed by atoms with Gasteiger partial charge in [-0.05, 0) is 48.5 Å². The summed E-state index contributed by atoms with van der Waals surface area (Å²) >= 11 is 0. The van der Waals surface area contributed by atoms with E-state index in [-0.39, 0.29) is 36.9 Å². The number of rotatable bonds is 5. The standard InChI is InChI=1S/C22H19F3N4O/c23-16-6-4-14(5-7-16)18-9-8-17(26)19(28-18)11-21(30)29-12-15(13-29)22(24,25)20-3-1-2-10-27-20/h1-10,15H,11-13,26H2. The van der Waals surface area contributed by atoms with Crippen LogP contribution in [0.1, 0.15) is 11.4 Å². The van der Waals surface area contributed by atoms with Gasteiger partial charge in [-0.1, -0.05) is 6.07 Å². The van der Waals surface area contributed by atoms with Crippen molar-refractivity contribution in [2.45, 2.75) is 12.3 Å². The third-order valence-electron chi connectivity index (χ3n) is 5.22. The Balaban J connectivity index is 1.43. The Bertz CT molecular complexity index is 1050. The highest BCUT2D eigenvalue weighted by Crippen LogP contribution is 2.40. The van der Waals surface area contributed by atoms with Crippen molar-refractivity contribution >= 4 is 11.6 Å². The molecule has 4 rings (SSSR count). The number of benzene rings is 1. The average molecular weight is 412 g/mol. The number of nitrogens with two attached hydrogens (primary N) is 1. The molecule has 3 aromatic rings. The molecule has 0 spiro atoms. The van der Waals surface area contributed by atoms with Crippen LogP contribution in [0.25, 0.3) is 11.3 Å². The zero-order valence-electron chi connectivity index (χ0n) is 15.9. The fourth-order valence-electron chi connectivity index (χ4n) is 3.37. The van der Waals surface area contributed by atoms with Crippen molar-refractivity contribution in [2.75, 3.05) is 18.8 Å². The van der Waals surface area contributed by atoms with E-state index < -0.39 is 11.8 Å². The lowest BCUT2D eigenvalue weighted by molar-refractivity contribution is -0.156. The first-order valence-corrected chi connectivity index (χ1v) is 9.43. The van der Waals surface area contributed by atoms with E-state index in [9.17, 15) is 18.0 Å². The molecule has 0 saturated carbocycles. The second-order valence-electron chi connectivity index (χ2n) is 7.25. The third-order valence-corrected chi connectivity index (χ3v) is 5.22. The monoisotopic (exact) mass is 412 g/mol. The molecule has 0 atom stereocenters. The van der Waals surface area contributed by atoms with Gasteiger partial charge in [0.05, 0.1) is 29.4 Å². The molecular formula is C22H19F3N4O. The van der Waals surface area contributed by atoms with E-state index in [2.05, 4.69) is 9.97 Å². The summed E-state index contributed by atoms with van der Waals surface area (Å²) < 4.78 is 42.2. The topological polar surface area (TPSA) is 72.1 Å². The van der Waals surface area contributed by atoms with Gasteiger partial charge in [-0.2, -0.15) is 8.78 Å². The fourth-order valence-corrected chi connectivity index (χ4v) is 3.37. The minimum Gasteiger partial charge on any atom is -0.397 e. The first-order chi connectivity index (χ1) is 14.3. The highest BCUT2D eigenvalue weighted by atomic mass is 19.3. The number of carbonyl (C=O) groups is 1. The van der Waals surface area contributed by atoms with E-state index in [1.807, 2.05) is 0 Å². The summed E-state index contributed by atoms with van der Waals surface area (Å²) in [6.07, 6.45) is 1.23. The zero-order valence-corrected chi connectivity index (χ0v) is 15.9. The second kappa shape index (κ2) is 7.78. The quantitative estimate of drug-likeness (QED) is 0.694. The molecule has 2 aromatic heterocycles. The van der Waals surface area contributed by atoms with Crippen molar-refractivity contribution < 1.29 is 18.0 Å². The van der Waals surface area contributed by atoms with Crippen molar-refractivity contribution in [3.63, 3.8) is 0 Å². The van der Waals surface area contributed by atoms with Gasteiger partial charge in [-0.3, -0.25) is 14.8 Å². The van der Waals surface area contributed by atoms with Gasteiger partial charge in [-0.15, -0.1) is 0 Å². The Morgan fingerprint density at radius 2 is 1.83 bits per heavy atom. The lowest BCUT2D eigenvalue weighted by atomic mass is 9.90. The number of pyridine rings is 2. The van der Waals surface area contributed by atoms with Crippen molar-refractivity contribution in [3.05, 3.63) is 78.0 Å². The van der Waals surface area contributed by atoms with Gasteiger partial charge >= 0.3 is 0 Å². The van der Waals surface area contributed by atoms with E-state index in [0.717, 1.165) is 0 Å². The molecule has 1 saturated heterocycles. The normalized spacial score (nSPS) is 14.4. The number of nitrogens with zero attached hydrogens (tertiary/aromatic N) is 3. The molecule has 1 fully saturated rings. The van der Waals surface area contributed by atoms with Crippen LogP contribution in [0.4, 0.5) is 18.9 Å². The number of hydrogen-bond donors (Lipinski definition) is 1. The van der Waals surface area contributed by atoms with Crippen molar-refractivity contribution in [2.24, 2.45) is 5.92 Å². The number of nitrogen functional groups attached to an aromatic ring is 1. The van der Waals surface area contributed by atoms with Crippen LogP contribution in [0.15, 0.2) is 60.8 Å². The van der Waals surface area contributed by atoms with Gasteiger partial charge in [0.15, 0.2) is 0 Å². The molecule has 1 aliphatic heterocycles. The maximum Gasteiger partial charge on any atom is 0.295 e. The Morgan fingerprint density at radius 1 is 1.10 bits per heavy atom. The number of aromatic nitrogens is 2. The first-order valence-electron chi connectivity index (χ1n) is 9.43. The second-order valence-corrected chi connectivity index (χ2v) is 7.25. The number of hydrogen-bond acceptors (Lipinski definition) is 4. The van der Waals surface area contributed by atoms with Crippen LogP contribution in [0.5, 0.6) is 0 Å². The largest absolute Gasteiger partial charge is 0.397 e. The molecule has 154 valence electrons. The number of amides is 1. The maximum absolute atomic E-state index is 14.5. The minimum absolute atomic E-state index is 0.0556. The fraction of sp³-hybridized carbons (Fsp3) is 0.227. The highest BCUT2D eigenvalue weighted by Gasteiger charge is 2.50. The van der Waals surface area contributed by atoms with Gasteiger partial charge in [0, 0.05) is 24.8 Å². The SMILES string of the molecule is Nc1ccc(-c2ccc(F)cc2)nc1CC(=O)N1CC(C(F)(F)c2ccccn2)C1. The summed E-state index contributed by atoms with van der Waals surface area (Å²) in [5.74, 6) is -4.76. The van der Waals surface area contributed by atoms with Gasteiger partial charge in [0.25, 0.3) is 5.92 Å². The lowest BCUT2D eigenvalue weighted by Crippen LogP contribution is -2.56. The number of anilines is 1. The summed E-state index contributed by atoms with van der Waals surface area (Å²) in [7, 11) is 0.